The van der Waals surface area contributed by atoms with Crippen LogP contribution >= 0.6 is 24.0 Å². The van der Waals surface area contributed by atoms with Gasteiger partial charge in [0.25, 0.3) is 11.5 Å². The lowest BCUT2D eigenvalue weighted by molar-refractivity contribution is -0.144. The van der Waals surface area contributed by atoms with Crippen molar-refractivity contribution in [3.05, 3.63) is 61.1 Å². The Kier molecular flexibility index (Phi) is 8.47. The summed E-state index contributed by atoms with van der Waals surface area (Å²) in [6.07, 6.45) is -4.50. The van der Waals surface area contributed by atoms with Crippen molar-refractivity contribution in [2.24, 2.45) is 7.05 Å². The summed E-state index contributed by atoms with van der Waals surface area (Å²) in [5.41, 5.74) is -6.07. The summed E-state index contributed by atoms with van der Waals surface area (Å²) >= 11 is 5.89. The van der Waals surface area contributed by atoms with Gasteiger partial charge in [-0.3, -0.25) is 14.2 Å². The van der Waals surface area contributed by atoms with Gasteiger partial charge in [-0.25, -0.2) is 26.9 Å². The van der Waals surface area contributed by atoms with E-state index in [-0.39, 0.29) is 40.4 Å². The average Bonchev–Trinajstić information content (AvgIpc) is 2.71. The Bertz CT molecular complexity index is 1370. The molecular formula is C19H20Cl2F4N4O5S. The number of nitrogens with one attached hydrogen (secondary N) is 1. The Morgan fingerprint density at radius 2 is 1.69 bits per heavy atom. The van der Waals surface area contributed by atoms with E-state index in [9.17, 15) is 40.4 Å². The first-order valence-corrected chi connectivity index (χ1v) is 11.7. The fraction of sp³-hybridized carbons (Fsp3) is 0.421. The molecule has 194 valence electrons. The molecule has 1 fully saturated rings. The Labute approximate surface area is 207 Å². The fourth-order valence-electron chi connectivity index (χ4n) is 3.57. The van der Waals surface area contributed by atoms with Crippen LogP contribution in [0.1, 0.15) is 28.9 Å². The molecule has 1 aromatic carbocycles. The molecule has 0 aliphatic carbocycles. The van der Waals surface area contributed by atoms with Crippen LogP contribution in [-0.2, 0) is 23.2 Å². The van der Waals surface area contributed by atoms with Gasteiger partial charge < -0.3 is 4.90 Å². The number of hydrogen-bond acceptors (Lipinski definition) is 6. The van der Waals surface area contributed by atoms with E-state index in [0.29, 0.717) is 25.2 Å². The van der Waals surface area contributed by atoms with Crippen LogP contribution in [0.4, 0.5) is 17.6 Å². The summed E-state index contributed by atoms with van der Waals surface area (Å²) in [7, 11) is -1.59. The molecule has 0 saturated carbocycles. The zero-order valence-electron chi connectivity index (χ0n) is 18.2. The van der Waals surface area contributed by atoms with Crippen LogP contribution in [0.25, 0.3) is 5.69 Å². The summed E-state index contributed by atoms with van der Waals surface area (Å²) in [5.74, 6) is -2.54. The van der Waals surface area contributed by atoms with Crippen molar-refractivity contribution in [1.29, 1.82) is 0 Å². The first-order valence-electron chi connectivity index (χ1n) is 9.77. The number of sulfonamides is 1. The topological polar surface area (TPSA) is 110 Å². The van der Waals surface area contributed by atoms with Gasteiger partial charge in [-0.05, 0) is 45.1 Å². The second kappa shape index (κ2) is 10.3. The minimum atomic E-state index is -5.03. The molecule has 0 bridgehead atoms. The molecule has 1 aromatic heterocycles. The van der Waals surface area contributed by atoms with Crippen molar-refractivity contribution in [2.75, 3.05) is 20.1 Å². The smallest absolute Gasteiger partial charge is 0.306 e. The van der Waals surface area contributed by atoms with E-state index in [2.05, 4.69) is 0 Å². The van der Waals surface area contributed by atoms with Crippen molar-refractivity contribution in [3.63, 3.8) is 0 Å². The van der Waals surface area contributed by atoms with Crippen LogP contribution < -0.4 is 16.0 Å². The summed E-state index contributed by atoms with van der Waals surface area (Å²) < 4.78 is 81.1. The van der Waals surface area contributed by atoms with Gasteiger partial charge in [0.05, 0.1) is 21.5 Å². The molecule has 0 unspecified atom stereocenters. The summed E-state index contributed by atoms with van der Waals surface area (Å²) in [6, 6.07) is 1.28. The highest BCUT2D eigenvalue weighted by molar-refractivity contribution is 7.90. The van der Waals surface area contributed by atoms with Crippen LogP contribution in [0.15, 0.2) is 27.8 Å². The van der Waals surface area contributed by atoms with E-state index in [4.69, 9.17) is 11.6 Å². The third-order valence-corrected chi connectivity index (χ3v) is 7.60. The average molecular weight is 563 g/mol. The minimum Gasteiger partial charge on any atom is -0.306 e. The molecule has 1 aliphatic heterocycles. The van der Waals surface area contributed by atoms with E-state index in [0.717, 1.165) is 7.05 Å². The molecule has 3 rings (SSSR count). The second-order valence-corrected chi connectivity index (χ2v) is 10.2. The number of hydrogen-bond donors (Lipinski definition) is 1. The minimum absolute atomic E-state index is 0. The zero-order valence-corrected chi connectivity index (χ0v) is 20.6. The molecule has 2 heterocycles. The van der Waals surface area contributed by atoms with Gasteiger partial charge in [-0.1, -0.05) is 11.6 Å². The van der Waals surface area contributed by atoms with Crippen LogP contribution in [0.2, 0.25) is 5.02 Å². The lowest BCUT2D eigenvalue weighted by Crippen LogP contribution is -2.44. The number of aromatic nitrogens is 2. The highest BCUT2D eigenvalue weighted by Crippen LogP contribution is 2.28. The number of amides is 1. The molecule has 1 N–H and O–H groups in total. The van der Waals surface area contributed by atoms with Gasteiger partial charge in [0.15, 0.2) is 0 Å². The maximum atomic E-state index is 14.6. The highest BCUT2D eigenvalue weighted by atomic mass is 35.5. The predicted octanol–water partition coefficient (Wildman–Crippen LogP) is 1.92. The van der Waals surface area contributed by atoms with Gasteiger partial charge >= 0.3 is 11.9 Å². The van der Waals surface area contributed by atoms with E-state index >= 15 is 0 Å². The Balaban J connectivity index is 0.00000432. The second-order valence-electron chi connectivity index (χ2n) is 7.80. The van der Waals surface area contributed by atoms with Crippen LogP contribution in [0.5, 0.6) is 0 Å². The Morgan fingerprint density at radius 1 is 1.11 bits per heavy atom. The zero-order chi connectivity index (χ0) is 25.6. The van der Waals surface area contributed by atoms with E-state index in [1.54, 1.807) is 0 Å². The number of likely N-dealkylation sites (tertiary alicyclic amines) is 1. The number of carbonyl (C=O) groups is 1. The third kappa shape index (κ3) is 5.88. The van der Waals surface area contributed by atoms with Crippen molar-refractivity contribution in [2.45, 2.75) is 24.3 Å². The van der Waals surface area contributed by atoms with Gasteiger partial charge in [0, 0.05) is 13.1 Å². The molecule has 9 nitrogen and oxygen atoms in total. The van der Waals surface area contributed by atoms with Crippen molar-refractivity contribution < 1.29 is 30.8 Å². The first kappa shape index (κ1) is 28.8. The lowest BCUT2D eigenvalue weighted by atomic mass is 10.1. The maximum Gasteiger partial charge on any atom is 0.431 e. The molecule has 1 aliphatic rings. The Hall–Kier alpha value is -2.42. The quantitative estimate of drug-likeness (QED) is 0.570. The number of piperidine rings is 1. The third-order valence-electron chi connectivity index (χ3n) is 5.47. The number of rotatable bonds is 4. The first-order chi connectivity index (χ1) is 15.6. The summed E-state index contributed by atoms with van der Waals surface area (Å²) in [5, 5.41) is -1.40. The molecule has 0 atom stereocenters. The fourth-order valence-corrected chi connectivity index (χ4v) is 5.17. The van der Waals surface area contributed by atoms with Crippen molar-refractivity contribution >= 4 is 39.9 Å². The summed E-state index contributed by atoms with van der Waals surface area (Å²) in [4.78, 5) is 39.3. The van der Waals surface area contributed by atoms with Crippen molar-refractivity contribution in [1.82, 2.24) is 18.8 Å². The summed E-state index contributed by atoms with van der Waals surface area (Å²) in [6.45, 7) is 0.975. The van der Waals surface area contributed by atoms with Crippen LogP contribution in [0.3, 0.4) is 0 Å². The molecule has 2 aromatic rings. The van der Waals surface area contributed by atoms with E-state index in [1.165, 1.54) is 0 Å². The maximum absolute atomic E-state index is 14.6. The number of benzene rings is 1. The number of nitrogens with zero attached hydrogens (tertiary/aromatic N) is 3. The Morgan fingerprint density at radius 3 is 2.23 bits per heavy atom. The van der Waals surface area contributed by atoms with E-state index in [1.807, 2.05) is 16.7 Å². The standard InChI is InChI=1S/C19H19ClF4N4O5S.ClH/c1-26-5-3-10(4-6-26)34(32,33)25-17(30)11-7-14(13(21)8-12(11)20)28-16(29)9-15(19(22,23)24)27(2)18(28)31;/h7-10H,3-6H2,1-2H3,(H,25,30);1H. The normalized spacial score (nSPS) is 15.5. The number of alkyl halides is 3. The number of carbonyl (C=O) groups excluding carboxylic acids is 1. The van der Waals surface area contributed by atoms with Gasteiger partial charge in [0.1, 0.15) is 11.5 Å². The van der Waals surface area contributed by atoms with Crippen LogP contribution in [0, 0.1) is 5.82 Å². The van der Waals surface area contributed by atoms with Gasteiger partial charge in [0.2, 0.25) is 10.0 Å². The predicted molar refractivity (Wildman–Crippen MR) is 121 cm³/mol. The largest absolute Gasteiger partial charge is 0.431 e. The molecule has 0 radical (unpaired) electrons. The molecular weight excluding hydrogens is 543 g/mol. The highest BCUT2D eigenvalue weighted by Gasteiger charge is 2.36. The van der Waals surface area contributed by atoms with Crippen LogP contribution in [-0.4, -0.2) is 53.7 Å². The molecule has 1 amide bonds. The van der Waals surface area contributed by atoms with Crippen molar-refractivity contribution in [3.8, 4) is 5.69 Å². The number of halogens is 6. The van der Waals surface area contributed by atoms with Gasteiger partial charge in [-0.15, -0.1) is 12.4 Å². The SMILES string of the molecule is CN1CCC(S(=O)(=O)NC(=O)c2cc(-n3c(=O)cc(C(F)(F)F)n(C)c3=O)c(F)cc2Cl)CC1.Cl. The van der Waals surface area contributed by atoms with E-state index < -0.39 is 66.4 Å². The molecule has 35 heavy (non-hydrogen) atoms. The molecule has 1 saturated heterocycles. The molecule has 0 spiro atoms. The lowest BCUT2D eigenvalue weighted by Gasteiger charge is -2.28. The van der Waals surface area contributed by atoms with Gasteiger partial charge in [-0.2, -0.15) is 13.2 Å². The molecule has 16 heteroatoms. The monoisotopic (exact) mass is 562 g/mol.